The van der Waals surface area contributed by atoms with Gasteiger partial charge in [-0.2, -0.15) is 0 Å². The molecule has 1 N–H and O–H groups in total. The summed E-state index contributed by atoms with van der Waals surface area (Å²) in [6.45, 7) is 9.32. The SMILES string of the molecule is C=C(CNC(C)C)Cn1c(=O)oc2ccccc21. The van der Waals surface area contributed by atoms with Gasteiger partial charge in [-0.15, -0.1) is 0 Å². The van der Waals surface area contributed by atoms with E-state index in [1.54, 1.807) is 10.6 Å². The molecule has 0 saturated heterocycles. The van der Waals surface area contributed by atoms with Gasteiger partial charge in [0.15, 0.2) is 5.58 Å². The lowest BCUT2D eigenvalue weighted by atomic mass is 10.2. The van der Waals surface area contributed by atoms with Crippen molar-refractivity contribution in [3.8, 4) is 0 Å². The predicted molar refractivity (Wildman–Crippen MR) is 72.8 cm³/mol. The summed E-state index contributed by atoms with van der Waals surface area (Å²) in [6, 6.07) is 7.82. The molecule has 0 aliphatic heterocycles. The molecule has 0 amide bonds. The molecular formula is C14H18N2O2. The average molecular weight is 246 g/mol. The van der Waals surface area contributed by atoms with Gasteiger partial charge >= 0.3 is 5.76 Å². The summed E-state index contributed by atoms with van der Waals surface area (Å²) >= 11 is 0. The highest BCUT2D eigenvalue weighted by Crippen LogP contribution is 2.12. The molecular weight excluding hydrogens is 228 g/mol. The lowest BCUT2D eigenvalue weighted by Gasteiger charge is -2.10. The fourth-order valence-corrected chi connectivity index (χ4v) is 1.79. The maximum absolute atomic E-state index is 11.7. The van der Waals surface area contributed by atoms with Gasteiger partial charge in [0.1, 0.15) is 0 Å². The molecule has 0 bridgehead atoms. The minimum Gasteiger partial charge on any atom is -0.408 e. The minimum absolute atomic E-state index is 0.332. The first-order valence-corrected chi connectivity index (χ1v) is 6.06. The Morgan fingerprint density at radius 3 is 2.89 bits per heavy atom. The zero-order valence-electron chi connectivity index (χ0n) is 10.8. The highest BCUT2D eigenvalue weighted by molar-refractivity contribution is 5.72. The Labute approximate surface area is 106 Å². The number of hydrogen-bond donors (Lipinski definition) is 1. The molecule has 0 aliphatic carbocycles. The van der Waals surface area contributed by atoms with Gasteiger partial charge in [-0.05, 0) is 17.7 Å². The summed E-state index contributed by atoms with van der Waals surface area (Å²) < 4.78 is 6.78. The predicted octanol–water partition coefficient (Wildman–Crippen LogP) is 2.15. The van der Waals surface area contributed by atoms with Crippen LogP contribution in [0.2, 0.25) is 0 Å². The van der Waals surface area contributed by atoms with Gasteiger partial charge in [0.05, 0.1) is 12.1 Å². The normalized spacial score (nSPS) is 11.3. The lowest BCUT2D eigenvalue weighted by Crippen LogP contribution is -2.27. The Balaban J connectivity index is 2.19. The highest BCUT2D eigenvalue weighted by atomic mass is 16.4. The minimum atomic E-state index is -0.332. The van der Waals surface area contributed by atoms with E-state index in [1.165, 1.54) is 0 Å². The van der Waals surface area contributed by atoms with Gasteiger partial charge in [0, 0.05) is 12.6 Å². The standard InChI is InChI=1S/C14H18N2O2/c1-10(2)15-8-11(3)9-16-12-6-4-5-7-13(12)18-14(16)17/h4-7,10,15H,3,8-9H2,1-2H3. The molecule has 0 fully saturated rings. The summed E-state index contributed by atoms with van der Waals surface area (Å²) in [6.07, 6.45) is 0. The second-order valence-electron chi connectivity index (χ2n) is 4.71. The fraction of sp³-hybridized carbons (Fsp3) is 0.357. The first-order valence-electron chi connectivity index (χ1n) is 6.06. The number of rotatable bonds is 5. The van der Waals surface area contributed by atoms with Crippen LogP contribution < -0.4 is 11.1 Å². The van der Waals surface area contributed by atoms with Gasteiger partial charge in [-0.3, -0.25) is 4.57 Å². The summed E-state index contributed by atoms with van der Waals surface area (Å²) in [5, 5.41) is 3.28. The van der Waals surface area contributed by atoms with E-state index >= 15 is 0 Å². The molecule has 1 heterocycles. The molecule has 0 radical (unpaired) electrons. The molecule has 0 saturated carbocycles. The fourth-order valence-electron chi connectivity index (χ4n) is 1.79. The van der Waals surface area contributed by atoms with Gasteiger partial charge < -0.3 is 9.73 Å². The van der Waals surface area contributed by atoms with E-state index in [-0.39, 0.29) is 5.76 Å². The molecule has 18 heavy (non-hydrogen) atoms. The molecule has 4 heteroatoms. The smallest absolute Gasteiger partial charge is 0.408 e. The van der Waals surface area contributed by atoms with Crippen molar-refractivity contribution >= 4 is 11.1 Å². The van der Waals surface area contributed by atoms with E-state index in [0.29, 0.717) is 24.7 Å². The molecule has 4 nitrogen and oxygen atoms in total. The average Bonchev–Trinajstić information content (AvgIpc) is 2.64. The lowest BCUT2D eigenvalue weighted by molar-refractivity contribution is 0.511. The third kappa shape index (κ3) is 2.71. The van der Waals surface area contributed by atoms with E-state index in [9.17, 15) is 4.79 Å². The highest BCUT2D eigenvalue weighted by Gasteiger charge is 2.09. The summed E-state index contributed by atoms with van der Waals surface area (Å²) in [5.74, 6) is -0.332. The largest absolute Gasteiger partial charge is 0.420 e. The third-order valence-electron chi connectivity index (χ3n) is 2.72. The van der Waals surface area contributed by atoms with Crippen molar-refractivity contribution in [2.75, 3.05) is 6.54 Å². The summed E-state index contributed by atoms with van der Waals surface area (Å²) in [4.78, 5) is 11.7. The zero-order valence-corrected chi connectivity index (χ0v) is 10.8. The number of nitrogens with one attached hydrogen (secondary N) is 1. The number of fused-ring (bicyclic) bond motifs is 1. The number of para-hydroxylation sites is 2. The van der Waals surface area contributed by atoms with Gasteiger partial charge in [-0.25, -0.2) is 4.79 Å². The first-order chi connectivity index (χ1) is 8.58. The number of aromatic nitrogens is 1. The molecule has 0 atom stereocenters. The van der Waals surface area contributed by atoms with E-state index in [1.807, 2.05) is 18.2 Å². The quantitative estimate of drug-likeness (QED) is 0.822. The van der Waals surface area contributed by atoms with Crippen molar-refractivity contribution in [2.45, 2.75) is 26.4 Å². The van der Waals surface area contributed by atoms with Crippen LogP contribution in [0.3, 0.4) is 0 Å². The molecule has 2 aromatic rings. The van der Waals surface area contributed by atoms with Crippen LogP contribution in [0.5, 0.6) is 0 Å². The maximum Gasteiger partial charge on any atom is 0.420 e. The maximum atomic E-state index is 11.7. The zero-order chi connectivity index (χ0) is 13.1. The topological polar surface area (TPSA) is 47.2 Å². The molecule has 2 rings (SSSR count). The third-order valence-corrected chi connectivity index (χ3v) is 2.72. The molecule has 0 unspecified atom stereocenters. The van der Waals surface area contributed by atoms with Crippen molar-refractivity contribution in [1.29, 1.82) is 0 Å². The van der Waals surface area contributed by atoms with Crippen molar-refractivity contribution in [3.63, 3.8) is 0 Å². The van der Waals surface area contributed by atoms with Crippen LogP contribution in [0.1, 0.15) is 13.8 Å². The number of nitrogens with zero attached hydrogens (tertiary/aromatic N) is 1. The Hall–Kier alpha value is -1.81. The molecule has 0 aliphatic rings. The van der Waals surface area contributed by atoms with Crippen molar-refractivity contribution in [3.05, 3.63) is 47.0 Å². The number of oxazole rings is 1. The van der Waals surface area contributed by atoms with Gasteiger partial charge in [-0.1, -0.05) is 32.6 Å². The first kappa shape index (κ1) is 12.6. The van der Waals surface area contributed by atoms with Gasteiger partial charge in [0.2, 0.25) is 0 Å². The van der Waals surface area contributed by atoms with Crippen LogP contribution in [0.4, 0.5) is 0 Å². The Kier molecular flexibility index (Phi) is 3.67. The van der Waals surface area contributed by atoms with Crippen molar-refractivity contribution < 1.29 is 4.42 Å². The molecule has 96 valence electrons. The molecule has 0 spiro atoms. The summed E-state index contributed by atoms with van der Waals surface area (Å²) in [7, 11) is 0. The van der Waals surface area contributed by atoms with Crippen molar-refractivity contribution in [1.82, 2.24) is 9.88 Å². The Morgan fingerprint density at radius 1 is 1.44 bits per heavy atom. The molecule has 1 aromatic heterocycles. The van der Waals surface area contributed by atoms with Gasteiger partial charge in [0.25, 0.3) is 0 Å². The second kappa shape index (κ2) is 5.23. The summed E-state index contributed by atoms with van der Waals surface area (Å²) in [5.41, 5.74) is 2.39. The van der Waals surface area contributed by atoms with E-state index in [0.717, 1.165) is 11.1 Å². The second-order valence-corrected chi connectivity index (χ2v) is 4.71. The van der Waals surface area contributed by atoms with Crippen molar-refractivity contribution in [2.24, 2.45) is 0 Å². The monoisotopic (exact) mass is 246 g/mol. The molecule has 1 aromatic carbocycles. The van der Waals surface area contributed by atoms with Crippen LogP contribution in [0, 0.1) is 0 Å². The Bertz CT molecular complexity index is 608. The number of hydrogen-bond acceptors (Lipinski definition) is 3. The van der Waals surface area contributed by atoms with Crippen LogP contribution in [-0.2, 0) is 6.54 Å². The van der Waals surface area contributed by atoms with Crippen LogP contribution >= 0.6 is 0 Å². The van der Waals surface area contributed by atoms with Crippen LogP contribution in [0.15, 0.2) is 45.6 Å². The van der Waals surface area contributed by atoms with E-state index in [2.05, 4.69) is 25.7 Å². The number of benzene rings is 1. The van der Waals surface area contributed by atoms with E-state index < -0.39 is 0 Å². The Morgan fingerprint density at radius 2 is 2.17 bits per heavy atom. The van der Waals surface area contributed by atoms with Crippen LogP contribution in [-0.4, -0.2) is 17.2 Å². The van der Waals surface area contributed by atoms with Crippen LogP contribution in [0.25, 0.3) is 11.1 Å². The van der Waals surface area contributed by atoms with E-state index in [4.69, 9.17) is 4.42 Å².